The molecule has 0 atom stereocenters. The van der Waals surface area contributed by atoms with Crippen LogP contribution in [0.5, 0.6) is 0 Å². The van der Waals surface area contributed by atoms with E-state index in [1.54, 1.807) is 23.7 Å². The Kier molecular flexibility index (Phi) is 3.77. The molecule has 9 heteroatoms. The lowest BCUT2D eigenvalue weighted by Crippen LogP contribution is -2.37. The molecule has 3 heterocycles. The Labute approximate surface area is 151 Å². The first-order valence-electron chi connectivity index (χ1n) is 7.78. The lowest BCUT2D eigenvalue weighted by atomic mass is 10.1. The quantitative estimate of drug-likeness (QED) is 0.548. The zero-order valence-corrected chi connectivity index (χ0v) is 14.8. The predicted octanol–water partition coefficient (Wildman–Crippen LogP) is 1.79. The van der Waals surface area contributed by atoms with E-state index in [0.717, 1.165) is 10.1 Å². The number of fused-ring (bicyclic) bond motifs is 1. The molecule has 4 aromatic rings. The maximum atomic E-state index is 12.5. The first-order valence-corrected chi connectivity index (χ1v) is 8.16. The third-order valence-corrected chi connectivity index (χ3v) is 4.58. The molecule has 132 valence electrons. The Bertz CT molecular complexity index is 1250. The van der Waals surface area contributed by atoms with E-state index >= 15 is 0 Å². The monoisotopic (exact) mass is 371 g/mol. The maximum absolute atomic E-state index is 12.5. The zero-order valence-electron chi connectivity index (χ0n) is 14.0. The van der Waals surface area contributed by atoms with Crippen LogP contribution in [-0.2, 0) is 20.6 Å². The summed E-state index contributed by atoms with van der Waals surface area (Å²) in [7, 11) is 3.01. The number of aryl methyl sites for hydroxylation is 1. The lowest BCUT2D eigenvalue weighted by molar-refractivity contribution is 0.421. The average molecular weight is 372 g/mol. The van der Waals surface area contributed by atoms with E-state index in [2.05, 4.69) is 10.1 Å². The highest BCUT2D eigenvalue weighted by atomic mass is 35.5. The number of rotatable bonds is 3. The van der Waals surface area contributed by atoms with E-state index < -0.39 is 11.2 Å². The van der Waals surface area contributed by atoms with Crippen LogP contribution in [-0.4, -0.2) is 23.8 Å². The average Bonchev–Trinajstić information content (AvgIpc) is 3.26. The van der Waals surface area contributed by atoms with Gasteiger partial charge in [0.2, 0.25) is 0 Å². The van der Waals surface area contributed by atoms with Gasteiger partial charge in [-0.1, -0.05) is 28.9 Å². The van der Waals surface area contributed by atoms with Crippen LogP contribution in [0.3, 0.4) is 0 Å². The first kappa shape index (κ1) is 16.3. The summed E-state index contributed by atoms with van der Waals surface area (Å²) in [6, 6.07) is 9.06. The smallest absolute Gasteiger partial charge is 0.332 e. The van der Waals surface area contributed by atoms with Gasteiger partial charge in [-0.3, -0.25) is 13.9 Å². The Morgan fingerprint density at radius 2 is 1.92 bits per heavy atom. The summed E-state index contributed by atoms with van der Waals surface area (Å²) in [5.74, 6) is 0.537. The van der Waals surface area contributed by atoms with Crippen LogP contribution >= 0.6 is 11.6 Å². The van der Waals surface area contributed by atoms with E-state index in [9.17, 15) is 9.59 Å². The number of hydrogen-bond donors (Lipinski definition) is 0. The molecule has 1 aromatic carbocycles. The van der Waals surface area contributed by atoms with Gasteiger partial charge in [0.25, 0.3) is 5.56 Å². The summed E-state index contributed by atoms with van der Waals surface area (Å²) in [5, 5.41) is 4.61. The van der Waals surface area contributed by atoms with Crippen molar-refractivity contribution in [3.05, 3.63) is 68.2 Å². The van der Waals surface area contributed by atoms with E-state index in [1.165, 1.54) is 17.9 Å². The van der Waals surface area contributed by atoms with Gasteiger partial charge in [-0.15, -0.1) is 0 Å². The molecular formula is C17H14ClN5O3. The van der Waals surface area contributed by atoms with E-state index in [-0.39, 0.29) is 6.54 Å². The Hall–Kier alpha value is -3.13. The summed E-state index contributed by atoms with van der Waals surface area (Å²) in [6.45, 7) is 0.276. The maximum Gasteiger partial charge on any atom is 0.332 e. The molecule has 0 aliphatic rings. The summed E-state index contributed by atoms with van der Waals surface area (Å²) in [4.78, 5) is 28.7. The molecule has 0 radical (unpaired) electrons. The zero-order chi connectivity index (χ0) is 18.4. The molecule has 0 saturated carbocycles. The van der Waals surface area contributed by atoms with Crippen molar-refractivity contribution in [1.82, 2.24) is 23.8 Å². The van der Waals surface area contributed by atoms with Crippen molar-refractivity contribution in [3.63, 3.8) is 0 Å². The number of benzene rings is 1. The van der Waals surface area contributed by atoms with Crippen molar-refractivity contribution in [2.24, 2.45) is 14.1 Å². The minimum absolute atomic E-state index is 0.276. The molecule has 0 aliphatic heterocycles. The molecule has 0 spiro atoms. The summed E-state index contributed by atoms with van der Waals surface area (Å²) >= 11 is 6.18. The minimum atomic E-state index is -0.421. The molecule has 0 unspecified atom stereocenters. The highest BCUT2D eigenvalue weighted by molar-refractivity contribution is 6.33. The molecule has 8 nitrogen and oxygen atoms in total. The fourth-order valence-electron chi connectivity index (χ4n) is 2.87. The second-order valence-electron chi connectivity index (χ2n) is 5.91. The summed E-state index contributed by atoms with van der Waals surface area (Å²) < 4.78 is 9.42. The topological polar surface area (TPSA) is 87.8 Å². The third kappa shape index (κ3) is 2.46. The predicted molar refractivity (Wildman–Crippen MR) is 96.3 cm³/mol. The van der Waals surface area contributed by atoms with Crippen molar-refractivity contribution < 1.29 is 4.52 Å². The fourth-order valence-corrected chi connectivity index (χ4v) is 3.09. The van der Waals surface area contributed by atoms with Gasteiger partial charge >= 0.3 is 5.69 Å². The molecule has 3 aromatic heterocycles. The molecule has 0 amide bonds. The Balaban J connectivity index is 1.77. The van der Waals surface area contributed by atoms with Gasteiger partial charge in [-0.2, -0.15) is 0 Å². The highest BCUT2D eigenvalue weighted by Crippen LogP contribution is 2.28. The van der Waals surface area contributed by atoms with Crippen molar-refractivity contribution in [2.45, 2.75) is 6.54 Å². The highest BCUT2D eigenvalue weighted by Gasteiger charge is 2.16. The van der Waals surface area contributed by atoms with Gasteiger partial charge in [0, 0.05) is 25.7 Å². The molecule has 0 saturated heterocycles. The number of hydrogen-bond acceptors (Lipinski definition) is 5. The van der Waals surface area contributed by atoms with Gasteiger partial charge in [0.15, 0.2) is 16.9 Å². The lowest BCUT2D eigenvalue weighted by Gasteiger charge is -2.05. The van der Waals surface area contributed by atoms with Gasteiger partial charge in [0.1, 0.15) is 5.69 Å². The second kappa shape index (κ2) is 5.99. The minimum Gasteiger partial charge on any atom is -0.356 e. The van der Waals surface area contributed by atoms with Crippen LogP contribution in [0, 0.1) is 0 Å². The van der Waals surface area contributed by atoms with Crippen molar-refractivity contribution in [2.75, 3.05) is 0 Å². The Morgan fingerprint density at radius 3 is 2.69 bits per heavy atom. The second-order valence-corrected chi connectivity index (χ2v) is 6.32. The van der Waals surface area contributed by atoms with Crippen LogP contribution in [0.1, 0.15) is 5.69 Å². The number of imidazole rings is 1. The molecule has 0 fully saturated rings. The van der Waals surface area contributed by atoms with E-state index in [0.29, 0.717) is 27.6 Å². The number of halogens is 1. The molecule has 0 aliphatic carbocycles. The molecule has 0 bridgehead atoms. The number of nitrogens with zero attached hydrogens (tertiary/aromatic N) is 5. The normalized spacial score (nSPS) is 11.3. The standard InChI is InChI=1S/C17H14ClN5O3/c1-21-15-14(16(24)22(2)17(21)25)23(9-19-15)8-10-7-13(26-20-10)11-5-3-4-6-12(11)18/h3-7,9H,8H2,1-2H3. The van der Waals surface area contributed by atoms with E-state index in [1.807, 2.05) is 18.2 Å². The van der Waals surface area contributed by atoms with E-state index in [4.69, 9.17) is 16.1 Å². The summed E-state index contributed by atoms with van der Waals surface area (Å²) in [5.41, 5.74) is 1.17. The largest absolute Gasteiger partial charge is 0.356 e. The van der Waals surface area contributed by atoms with Gasteiger partial charge in [-0.05, 0) is 12.1 Å². The van der Waals surface area contributed by atoms with Crippen LogP contribution in [0.15, 0.2) is 50.8 Å². The van der Waals surface area contributed by atoms with Gasteiger partial charge < -0.3 is 9.09 Å². The number of aromatic nitrogens is 5. The fraction of sp³-hybridized carbons (Fsp3) is 0.176. The molecule has 4 rings (SSSR count). The van der Waals surface area contributed by atoms with Gasteiger partial charge in [0.05, 0.1) is 17.9 Å². The van der Waals surface area contributed by atoms with Crippen LogP contribution in [0.4, 0.5) is 0 Å². The first-order chi connectivity index (χ1) is 12.5. The SMILES string of the molecule is Cn1c(=O)c2c(ncn2Cc2cc(-c3ccccc3Cl)on2)n(C)c1=O. The van der Waals surface area contributed by atoms with Gasteiger partial charge in [-0.25, -0.2) is 9.78 Å². The Morgan fingerprint density at radius 1 is 1.15 bits per heavy atom. The molecule has 26 heavy (non-hydrogen) atoms. The van der Waals surface area contributed by atoms with Crippen LogP contribution in [0.2, 0.25) is 5.02 Å². The molecular weight excluding hydrogens is 358 g/mol. The van der Waals surface area contributed by atoms with Crippen LogP contribution < -0.4 is 11.2 Å². The summed E-state index contributed by atoms with van der Waals surface area (Å²) in [6.07, 6.45) is 1.51. The van der Waals surface area contributed by atoms with Crippen molar-refractivity contribution in [1.29, 1.82) is 0 Å². The van der Waals surface area contributed by atoms with Crippen molar-refractivity contribution >= 4 is 22.8 Å². The third-order valence-electron chi connectivity index (χ3n) is 4.25. The molecule has 0 N–H and O–H groups in total. The van der Waals surface area contributed by atoms with Crippen LogP contribution in [0.25, 0.3) is 22.5 Å². The van der Waals surface area contributed by atoms with Crippen molar-refractivity contribution in [3.8, 4) is 11.3 Å².